The van der Waals surface area contributed by atoms with Gasteiger partial charge in [0.1, 0.15) is 5.52 Å². The lowest BCUT2D eigenvalue weighted by Gasteiger charge is -2.36. The van der Waals surface area contributed by atoms with E-state index in [2.05, 4.69) is 20.1 Å². The number of benzene rings is 1. The number of hydrogen-bond donors (Lipinski definition) is 1. The second-order valence-electron chi connectivity index (χ2n) is 6.47. The van der Waals surface area contributed by atoms with Crippen molar-refractivity contribution in [2.45, 2.75) is 32.9 Å². The number of piperazine rings is 1. The van der Waals surface area contributed by atoms with Gasteiger partial charge in [-0.25, -0.2) is 0 Å². The van der Waals surface area contributed by atoms with E-state index in [-0.39, 0.29) is 18.0 Å². The fourth-order valence-corrected chi connectivity index (χ4v) is 3.06. The monoisotopic (exact) mass is 350 g/mol. The third kappa shape index (κ3) is 3.65. The van der Waals surface area contributed by atoms with Crippen LogP contribution in [0.4, 0.5) is 6.01 Å². The molecule has 1 unspecified atom stereocenters. The Hall–Kier alpha value is -1.79. The van der Waals surface area contributed by atoms with Crippen LogP contribution in [0.25, 0.3) is 11.1 Å². The fraction of sp³-hybridized carbons (Fsp3) is 0.529. The summed E-state index contributed by atoms with van der Waals surface area (Å²) < 4.78 is 5.82. The minimum Gasteiger partial charge on any atom is -0.423 e. The zero-order valence-corrected chi connectivity index (χ0v) is 15.0. The number of rotatable bonds is 4. The summed E-state index contributed by atoms with van der Waals surface area (Å²) in [4.78, 5) is 21.0. The minimum absolute atomic E-state index is 0.0787. The Kier molecular flexibility index (Phi) is 4.96. The van der Waals surface area contributed by atoms with E-state index in [0.29, 0.717) is 11.0 Å². The second-order valence-corrected chi connectivity index (χ2v) is 6.91. The predicted molar refractivity (Wildman–Crippen MR) is 95.5 cm³/mol. The van der Waals surface area contributed by atoms with Crippen LogP contribution in [0.1, 0.15) is 20.8 Å². The van der Waals surface area contributed by atoms with Gasteiger partial charge in [0, 0.05) is 37.2 Å². The number of nitrogens with one attached hydrogen (secondary N) is 1. The van der Waals surface area contributed by atoms with Crippen molar-refractivity contribution >= 4 is 34.6 Å². The van der Waals surface area contributed by atoms with Crippen LogP contribution in [0.3, 0.4) is 0 Å². The molecule has 24 heavy (non-hydrogen) atoms. The van der Waals surface area contributed by atoms with E-state index in [9.17, 15) is 4.79 Å². The van der Waals surface area contributed by atoms with E-state index in [0.717, 1.165) is 37.3 Å². The maximum atomic E-state index is 12.1. The van der Waals surface area contributed by atoms with E-state index in [1.807, 2.05) is 26.8 Å². The van der Waals surface area contributed by atoms with E-state index < -0.39 is 0 Å². The summed E-state index contributed by atoms with van der Waals surface area (Å²) in [6, 6.07) is 6.09. The molecule has 1 aliphatic heterocycles. The quantitative estimate of drug-likeness (QED) is 0.918. The number of oxazole rings is 1. The Labute approximate surface area is 146 Å². The molecule has 1 aromatic heterocycles. The largest absolute Gasteiger partial charge is 0.423 e. The van der Waals surface area contributed by atoms with Gasteiger partial charge in [-0.05, 0) is 39.0 Å². The van der Waals surface area contributed by atoms with E-state index >= 15 is 0 Å². The molecule has 6 nitrogen and oxygen atoms in total. The summed E-state index contributed by atoms with van der Waals surface area (Å²) in [6.45, 7) is 9.05. The molecule has 1 N–H and O–H groups in total. The van der Waals surface area contributed by atoms with Crippen LogP contribution < -0.4 is 10.2 Å². The molecular weight excluding hydrogens is 328 g/mol. The molecule has 2 aromatic rings. The number of carbonyl (C=O) groups is 1. The molecule has 0 bridgehead atoms. The number of carbonyl (C=O) groups excluding carboxylic acids is 1. The number of halogens is 1. The average Bonchev–Trinajstić information content (AvgIpc) is 2.96. The number of aromatic nitrogens is 1. The van der Waals surface area contributed by atoms with Crippen LogP contribution in [0.15, 0.2) is 22.6 Å². The van der Waals surface area contributed by atoms with Crippen molar-refractivity contribution in [2.75, 3.05) is 31.1 Å². The highest BCUT2D eigenvalue weighted by Gasteiger charge is 2.27. The van der Waals surface area contributed by atoms with Gasteiger partial charge in [-0.15, -0.1) is 0 Å². The molecule has 2 heterocycles. The van der Waals surface area contributed by atoms with Gasteiger partial charge in [0.25, 0.3) is 6.01 Å². The zero-order valence-electron chi connectivity index (χ0n) is 14.3. The number of amides is 1. The van der Waals surface area contributed by atoms with Crippen LogP contribution in [0.5, 0.6) is 0 Å². The van der Waals surface area contributed by atoms with E-state index in [1.165, 1.54) is 0 Å². The van der Waals surface area contributed by atoms with Gasteiger partial charge in [0.2, 0.25) is 5.91 Å². The summed E-state index contributed by atoms with van der Waals surface area (Å²) in [5.74, 6) is 0.0787. The first-order valence-corrected chi connectivity index (χ1v) is 8.67. The van der Waals surface area contributed by atoms with Gasteiger partial charge in [-0.2, -0.15) is 4.98 Å². The molecule has 1 amide bonds. The predicted octanol–water partition coefficient (Wildman–Crippen LogP) is 2.52. The van der Waals surface area contributed by atoms with Crippen molar-refractivity contribution in [3.63, 3.8) is 0 Å². The van der Waals surface area contributed by atoms with Crippen molar-refractivity contribution in [3.8, 4) is 0 Å². The Morgan fingerprint density at radius 1 is 1.25 bits per heavy atom. The van der Waals surface area contributed by atoms with Crippen molar-refractivity contribution in [1.82, 2.24) is 15.2 Å². The normalized spacial score (nSPS) is 17.5. The summed E-state index contributed by atoms with van der Waals surface area (Å²) in [6.07, 6.45) is 0. The minimum atomic E-state index is -0.128. The summed E-state index contributed by atoms with van der Waals surface area (Å²) in [5.41, 5.74) is 1.51. The number of fused-ring (bicyclic) bond motifs is 1. The Morgan fingerprint density at radius 2 is 1.96 bits per heavy atom. The molecule has 1 fully saturated rings. The zero-order chi connectivity index (χ0) is 17.3. The first kappa shape index (κ1) is 17.0. The van der Waals surface area contributed by atoms with Gasteiger partial charge < -0.3 is 14.6 Å². The topological polar surface area (TPSA) is 61.6 Å². The summed E-state index contributed by atoms with van der Waals surface area (Å²) in [7, 11) is 0. The molecule has 0 aliphatic carbocycles. The first-order chi connectivity index (χ1) is 11.4. The molecule has 3 rings (SSSR count). The average molecular weight is 351 g/mol. The smallest absolute Gasteiger partial charge is 0.298 e. The van der Waals surface area contributed by atoms with E-state index in [4.69, 9.17) is 16.0 Å². The maximum absolute atomic E-state index is 12.1. The molecule has 7 heteroatoms. The highest BCUT2D eigenvalue weighted by molar-refractivity contribution is 6.31. The van der Waals surface area contributed by atoms with Crippen molar-refractivity contribution < 1.29 is 9.21 Å². The molecule has 1 aliphatic rings. The summed E-state index contributed by atoms with van der Waals surface area (Å²) in [5, 5.41) is 3.62. The van der Waals surface area contributed by atoms with Crippen molar-refractivity contribution in [3.05, 3.63) is 23.2 Å². The Bertz CT molecular complexity index is 722. The maximum Gasteiger partial charge on any atom is 0.298 e. The molecule has 1 saturated heterocycles. The molecule has 130 valence electrons. The fourth-order valence-electron chi connectivity index (χ4n) is 2.90. The molecule has 0 saturated carbocycles. The number of hydrogen-bond acceptors (Lipinski definition) is 5. The highest BCUT2D eigenvalue weighted by atomic mass is 35.5. The SMILES string of the molecule is CC(C)NC(=O)C(C)N1CCN(c2nc3cc(Cl)ccc3o2)CC1. The van der Waals surface area contributed by atoms with Crippen LogP contribution in [-0.4, -0.2) is 54.1 Å². The van der Waals surface area contributed by atoms with Gasteiger partial charge in [-0.1, -0.05) is 11.6 Å². The van der Waals surface area contributed by atoms with Gasteiger partial charge >= 0.3 is 0 Å². The molecule has 1 aromatic carbocycles. The molecule has 0 radical (unpaired) electrons. The van der Waals surface area contributed by atoms with Crippen LogP contribution >= 0.6 is 11.6 Å². The number of anilines is 1. The Morgan fingerprint density at radius 3 is 2.62 bits per heavy atom. The third-order valence-corrected chi connectivity index (χ3v) is 4.52. The van der Waals surface area contributed by atoms with Crippen LogP contribution in [0.2, 0.25) is 5.02 Å². The highest BCUT2D eigenvalue weighted by Crippen LogP contribution is 2.25. The van der Waals surface area contributed by atoms with Crippen molar-refractivity contribution in [1.29, 1.82) is 0 Å². The Balaban J connectivity index is 1.62. The third-order valence-electron chi connectivity index (χ3n) is 4.28. The van der Waals surface area contributed by atoms with E-state index in [1.54, 1.807) is 12.1 Å². The summed E-state index contributed by atoms with van der Waals surface area (Å²) >= 11 is 5.99. The lowest BCUT2D eigenvalue weighted by Crippen LogP contribution is -2.54. The lowest BCUT2D eigenvalue weighted by atomic mass is 10.2. The second kappa shape index (κ2) is 6.99. The number of nitrogens with zero attached hydrogens (tertiary/aromatic N) is 3. The van der Waals surface area contributed by atoms with Gasteiger partial charge in [-0.3, -0.25) is 9.69 Å². The van der Waals surface area contributed by atoms with Gasteiger partial charge in [0.05, 0.1) is 6.04 Å². The molecule has 0 spiro atoms. The molecular formula is C17H23ClN4O2. The molecule has 1 atom stereocenters. The standard InChI is InChI=1S/C17H23ClN4O2/c1-11(2)19-16(23)12(3)21-6-8-22(9-7-21)17-20-14-10-13(18)4-5-15(14)24-17/h4-5,10-12H,6-9H2,1-3H3,(H,19,23). The van der Waals surface area contributed by atoms with Gasteiger partial charge in [0.15, 0.2) is 5.58 Å². The van der Waals surface area contributed by atoms with Crippen molar-refractivity contribution in [2.24, 2.45) is 0 Å². The first-order valence-electron chi connectivity index (χ1n) is 8.29. The lowest BCUT2D eigenvalue weighted by molar-refractivity contribution is -0.126. The van der Waals surface area contributed by atoms with Crippen LogP contribution in [-0.2, 0) is 4.79 Å². The van der Waals surface area contributed by atoms with Crippen LogP contribution in [0, 0.1) is 0 Å².